The normalized spacial score (nSPS) is 12.8. The summed E-state index contributed by atoms with van der Waals surface area (Å²) in [7, 11) is 2.01. The van der Waals surface area contributed by atoms with Gasteiger partial charge in [-0.05, 0) is 45.4 Å². The van der Waals surface area contributed by atoms with Crippen molar-refractivity contribution in [3.63, 3.8) is 0 Å². The summed E-state index contributed by atoms with van der Waals surface area (Å²) >= 11 is 0. The van der Waals surface area contributed by atoms with Crippen molar-refractivity contribution >= 4 is 0 Å². The predicted octanol–water partition coefficient (Wildman–Crippen LogP) is 2.01. The van der Waals surface area contributed by atoms with Crippen molar-refractivity contribution in [2.24, 2.45) is 0 Å². The fraction of sp³-hybridized carbons (Fsp3) is 0.545. The highest BCUT2D eigenvalue weighted by molar-refractivity contribution is 5.03. The molecule has 13 heavy (non-hydrogen) atoms. The van der Waals surface area contributed by atoms with E-state index in [2.05, 4.69) is 23.3 Å². The van der Waals surface area contributed by atoms with E-state index in [4.69, 9.17) is 0 Å². The van der Waals surface area contributed by atoms with Crippen LogP contribution < -0.4 is 5.32 Å². The van der Waals surface area contributed by atoms with Gasteiger partial charge in [-0.2, -0.15) is 0 Å². The Morgan fingerprint density at radius 1 is 1.46 bits per heavy atom. The van der Waals surface area contributed by atoms with Crippen molar-refractivity contribution in [3.8, 4) is 0 Å². The highest BCUT2D eigenvalue weighted by Gasteiger charge is 1.98. The molecule has 1 aromatic heterocycles. The molecule has 1 unspecified atom stereocenters. The van der Waals surface area contributed by atoms with Gasteiger partial charge in [0.05, 0.1) is 0 Å². The molecule has 0 bridgehead atoms. The Bertz CT molecular complexity index is 221. The van der Waals surface area contributed by atoms with E-state index < -0.39 is 0 Å². The average Bonchev–Trinajstić information content (AvgIpc) is 2.19. The van der Waals surface area contributed by atoms with E-state index in [1.54, 1.807) is 0 Å². The summed E-state index contributed by atoms with van der Waals surface area (Å²) < 4.78 is 0. The van der Waals surface area contributed by atoms with Gasteiger partial charge in [-0.25, -0.2) is 0 Å². The second-order valence-electron chi connectivity index (χ2n) is 3.40. The maximum absolute atomic E-state index is 4.28. The molecule has 2 nitrogen and oxygen atoms in total. The third-order valence-electron chi connectivity index (χ3n) is 2.29. The molecule has 1 atom stereocenters. The van der Waals surface area contributed by atoms with Crippen LogP contribution in [-0.4, -0.2) is 18.1 Å². The molecule has 0 fully saturated rings. The Labute approximate surface area is 80.4 Å². The minimum absolute atomic E-state index is 0.615. The molecule has 1 rings (SSSR count). The van der Waals surface area contributed by atoms with Crippen LogP contribution in [0.3, 0.4) is 0 Å². The van der Waals surface area contributed by atoms with E-state index in [-0.39, 0.29) is 0 Å². The van der Waals surface area contributed by atoms with Gasteiger partial charge in [-0.1, -0.05) is 6.07 Å². The number of pyridine rings is 1. The van der Waals surface area contributed by atoms with Crippen LogP contribution in [0.25, 0.3) is 0 Å². The molecule has 0 aromatic carbocycles. The third kappa shape index (κ3) is 4.04. The highest BCUT2D eigenvalue weighted by atomic mass is 14.8. The van der Waals surface area contributed by atoms with E-state index in [0.717, 1.165) is 6.42 Å². The first-order valence-electron chi connectivity index (χ1n) is 4.90. The maximum Gasteiger partial charge on any atom is 0.0403 e. The first kappa shape index (κ1) is 10.2. The summed E-state index contributed by atoms with van der Waals surface area (Å²) in [5.74, 6) is 0. The maximum atomic E-state index is 4.28. The molecule has 0 aliphatic heterocycles. The fourth-order valence-electron chi connectivity index (χ4n) is 1.28. The van der Waals surface area contributed by atoms with Gasteiger partial charge in [0.25, 0.3) is 0 Å². The van der Waals surface area contributed by atoms with Crippen LogP contribution in [0.2, 0.25) is 0 Å². The highest BCUT2D eigenvalue weighted by Crippen LogP contribution is 2.03. The standard InChI is InChI=1S/C11H18N2/c1-10(12-2)6-5-8-11-7-3-4-9-13-11/h3-4,7,9-10,12H,5-6,8H2,1-2H3. The summed E-state index contributed by atoms with van der Waals surface area (Å²) in [6.07, 6.45) is 5.37. The number of aromatic nitrogens is 1. The molecule has 0 saturated heterocycles. The zero-order chi connectivity index (χ0) is 9.52. The second kappa shape index (κ2) is 5.70. The van der Waals surface area contributed by atoms with Crippen LogP contribution in [0.15, 0.2) is 24.4 Å². The molecule has 1 heterocycles. The van der Waals surface area contributed by atoms with Crippen LogP contribution >= 0.6 is 0 Å². The van der Waals surface area contributed by atoms with Crippen LogP contribution in [0.4, 0.5) is 0 Å². The van der Waals surface area contributed by atoms with Gasteiger partial charge in [0.2, 0.25) is 0 Å². The molecule has 1 aromatic rings. The van der Waals surface area contributed by atoms with Gasteiger partial charge >= 0.3 is 0 Å². The van der Waals surface area contributed by atoms with E-state index in [1.807, 2.05) is 25.4 Å². The van der Waals surface area contributed by atoms with Crippen molar-refractivity contribution in [1.82, 2.24) is 10.3 Å². The predicted molar refractivity (Wildman–Crippen MR) is 55.7 cm³/mol. The van der Waals surface area contributed by atoms with E-state index >= 15 is 0 Å². The third-order valence-corrected chi connectivity index (χ3v) is 2.29. The number of hydrogen-bond donors (Lipinski definition) is 1. The molecule has 0 radical (unpaired) electrons. The first-order chi connectivity index (χ1) is 6.33. The molecule has 72 valence electrons. The van der Waals surface area contributed by atoms with Gasteiger partial charge < -0.3 is 5.32 Å². The van der Waals surface area contributed by atoms with Crippen LogP contribution in [-0.2, 0) is 6.42 Å². The fourth-order valence-corrected chi connectivity index (χ4v) is 1.28. The van der Waals surface area contributed by atoms with Gasteiger partial charge in [0.15, 0.2) is 0 Å². The number of nitrogens with zero attached hydrogens (tertiary/aromatic N) is 1. The van der Waals surface area contributed by atoms with Crippen molar-refractivity contribution in [2.45, 2.75) is 32.2 Å². The molecule has 0 spiro atoms. The summed E-state index contributed by atoms with van der Waals surface area (Å²) in [6.45, 7) is 2.21. The number of hydrogen-bond acceptors (Lipinski definition) is 2. The lowest BCUT2D eigenvalue weighted by Gasteiger charge is -2.08. The molecule has 0 aliphatic carbocycles. The van der Waals surface area contributed by atoms with Gasteiger partial charge in [0.1, 0.15) is 0 Å². The quantitative estimate of drug-likeness (QED) is 0.746. The second-order valence-corrected chi connectivity index (χ2v) is 3.40. The minimum Gasteiger partial charge on any atom is -0.317 e. The van der Waals surface area contributed by atoms with E-state index in [0.29, 0.717) is 6.04 Å². The zero-order valence-corrected chi connectivity index (χ0v) is 8.46. The SMILES string of the molecule is CNC(C)CCCc1ccccn1. The Hall–Kier alpha value is -0.890. The zero-order valence-electron chi connectivity index (χ0n) is 8.46. The monoisotopic (exact) mass is 178 g/mol. The molecule has 2 heteroatoms. The largest absolute Gasteiger partial charge is 0.317 e. The van der Waals surface area contributed by atoms with Crippen LogP contribution in [0, 0.1) is 0 Å². The van der Waals surface area contributed by atoms with Crippen molar-refractivity contribution in [1.29, 1.82) is 0 Å². The Morgan fingerprint density at radius 3 is 2.92 bits per heavy atom. The van der Waals surface area contributed by atoms with Crippen LogP contribution in [0.5, 0.6) is 0 Å². The number of aryl methyl sites for hydroxylation is 1. The Morgan fingerprint density at radius 2 is 2.31 bits per heavy atom. The smallest absolute Gasteiger partial charge is 0.0403 e. The lowest BCUT2D eigenvalue weighted by molar-refractivity contribution is 0.540. The number of nitrogens with one attached hydrogen (secondary N) is 1. The summed E-state index contributed by atoms with van der Waals surface area (Å²) in [6, 6.07) is 6.71. The van der Waals surface area contributed by atoms with E-state index in [1.165, 1.54) is 18.5 Å². The van der Waals surface area contributed by atoms with Crippen LogP contribution in [0.1, 0.15) is 25.5 Å². The van der Waals surface area contributed by atoms with Crippen molar-refractivity contribution < 1.29 is 0 Å². The Kier molecular flexibility index (Phi) is 4.47. The number of rotatable bonds is 5. The first-order valence-corrected chi connectivity index (χ1v) is 4.90. The summed E-state index contributed by atoms with van der Waals surface area (Å²) in [5.41, 5.74) is 1.20. The van der Waals surface area contributed by atoms with Gasteiger partial charge in [-0.3, -0.25) is 4.98 Å². The molecule has 1 N–H and O–H groups in total. The van der Waals surface area contributed by atoms with E-state index in [9.17, 15) is 0 Å². The summed E-state index contributed by atoms with van der Waals surface area (Å²) in [5, 5.41) is 3.23. The van der Waals surface area contributed by atoms with Gasteiger partial charge in [0, 0.05) is 17.9 Å². The van der Waals surface area contributed by atoms with Crippen molar-refractivity contribution in [3.05, 3.63) is 30.1 Å². The molecule has 0 aliphatic rings. The van der Waals surface area contributed by atoms with Crippen molar-refractivity contribution in [2.75, 3.05) is 7.05 Å². The average molecular weight is 178 g/mol. The molecule has 0 saturated carbocycles. The van der Waals surface area contributed by atoms with Gasteiger partial charge in [-0.15, -0.1) is 0 Å². The lowest BCUT2D eigenvalue weighted by Crippen LogP contribution is -2.20. The summed E-state index contributed by atoms with van der Waals surface area (Å²) in [4.78, 5) is 4.28. The molecular formula is C11H18N2. The molecular weight excluding hydrogens is 160 g/mol. The molecule has 0 amide bonds. The lowest BCUT2D eigenvalue weighted by atomic mass is 10.1. The topological polar surface area (TPSA) is 24.9 Å². The Balaban J connectivity index is 2.20. The minimum atomic E-state index is 0.615.